The lowest BCUT2D eigenvalue weighted by molar-refractivity contribution is -0.122. The molecular formula is C19H26ClFN2O. The van der Waals surface area contributed by atoms with Crippen LogP contribution in [0.25, 0.3) is 0 Å². The summed E-state index contributed by atoms with van der Waals surface area (Å²) in [6.07, 6.45) is 7.46. The molecule has 0 aromatic heterocycles. The smallest absolute Gasteiger partial charge is 0.221 e. The summed E-state index contributed by atoms with van der Waals surface area (Å²) in [7, 11) is 0. The quantitative estimate of drug-likeness (QED) is 0.840. The Bertz CT molecular complexity index is 572. The molecule has 1 heterocycles. The maximum absolute atomic E-state index is 13.2. The SMILES string of the molecule is O=C1C[C@H](NCC[C@H]2CC[C@@H](c3ccc(F)cc3Cl)CC2)CCN1. The molecule has 1 aromatic rings. The van der Waals surface area contributed by atoms with Gasteiger partial charge in [0.25, 0.3) is 0 Å². The van der Waals surface area contributed by atoms with Crippen LogP contribution in [0.15, 0.2) is 18.2 Å². The van der Waals surface area contributed by atoms with E-state index in [1.807, 2.05) is 6.07 Å². The topological polar surface area (TPSA) is 41.1 Å². The predicted octanol–water partition coefficient (Wildman–Crippen LogP) is 4.01. The Kier molecular flexibility index (Phi) is 6.12. The molecular weight excluding hydrogens is 327 g/mol. The Morgan fingerprint density at radius 1 is 1.21 bits per heavy atom. The van der Waals surface area contributed by atoms with Gasteiger partial charge < -0.3 is 10.6 Å². The fourth-order valence-corrected chi connectivity index (χ4v) is 4.37. The van der Waals surface area contributed by atoms with Gasteiger partial charge in [-0.1, -0.05) is 17.7 Å². The highest BCUT2D eigenvalue weighted by atomic mass is 35.5. The average Bonchev–Trinajstić information content (AvgIpc) is 2.56. The molecule has 5 heteroatoms. The van der Waals surface area contributed by atoms with Gasteiger partial charge >= 0.3 is 0 Å². The fourth-order valence-electron chi connectivity index (χ4n) is 4.04. The number of hydrogen-bond donors (Lipinski definition) is 2. The summed E-state index contributed by atoms with van der Waals surface area (Å²) < 4.78 is 13.2. The second kappa shape index (κ2) is 8.30. The van der Waals surface area contributed by atoms with Crippen molar-refractivity contribution >= 4 is 17.5 Å². The van der Waals surface area contributed by atoms with Crippen molar-refractivity contribution in [2.75, 3.05) is 13.1 Å². The van der Waals surface area contributed by atoms with Gasteiger partial charge in [0.1, 0.15) is 5.82 Å². The molecule has 1 aliphatic carbocycles. The van der Waals surface area contributed by atoms with E-state index in [1.54, 1.807) is 0 Å². The number of carbonyl (C=O) groups excluding carboxylic acids is 1. The van der Waals surface area contributed by atoms with Crippen LogP contribution in [-0.4, -0.2) is 25.0 Å². The standard InChI is InChI=1S/C19H26ClFN2O/c20-18-11-15(21)5-6-17(18)14-3-1-13(2-4-14)7-9-22-16-8-10-23-19(24)12-16/h5-6,11,13-14,16,22H,1-4,7-10,12H2,(H,23,24)/t13-,14+,16-/m1/s1. The van der Waals surface area contributed by atoms with Gasteiger partial charge in [-0.2, -0.15) is 0 Å². The van der Waals surface area contributed by atoms with Gasteiger partial charge in [0, 0.05) is 24.0 Å². The summed E-state index contributed by atoms with van der Waals surface area (Å²) in [4.78, 5) is 11.4. The molecule has 3 rings (SSSR count). The van der Waals surface area contributed by atoms with Gasteiger partial charge in [-0.3, -0.25) is 4.79 Å². The number of carbonyl (C=O) groups is 1. The highest BCUT2D eigenvalue weighted by Crippen LogP contribution is 2.39. The third kappa shape index (κ3) is 4.70. The number of halogens is 2. The summed E-state index contributed by atoms with van der Waals surface area (Å²) in [6.45, 7) is 1.78. The van der Waals surface area contributed by atoms with Gasteiger partial charge in [-0.25, -0.2) is 4.39 Å². The minimum Gasteiger partial charge on any atom is -0.356 e. The van der Waals surface area contributed by atoms with E-state index in [9.17, 15) is 9.18 Å². The highest BCUT2D eigenvalue weighted by molar-refractivity contribution is 6.31. The lowest BCUT2D eigenvalue weighted by Crippen LogP contribution is -2.43. The highest BCUT2D eigenvalue weighted by Gasteiger charge is 2.24. The summed E-state index contributed by atoms with van der Waals surface area (Å²) in [5.41, 5.74) is 1.10. The van der Waals surface area contributed by atoms with Crippen LogP contribution in [0.1, 0.15) is 56.4 Å². The number of hydrogen-bond acceptors (Lipinski definition) is 2. The van der Waals surface area contributed by atoms with Crippen LogP contribution in [0, 0.1) is 11.7 Å². The monoisotopic (exact) mass is 352 g/mol. The molecule has 2 aliphatic rings. The Labute approximate surface area is 148 Å². The van der Waals surface area contributed by atoms with Gasteiger partial charge in [-0.15, -0.1) is 0 Å². The molecule has 1 saturated heterocycles. The van der Waals surface area contributed by atoms with Gasteiger partial charge in [0.05, 0.1) is 0 Å². The number of nitrogens with one attached hydrogen (secondary N) is 2. The molecule has 0 unspecified atom stereocenters. The van der Waals surface area contributed by atoms with Crippen molar-refractivity contribution in [1.29, 1.82) is 0 Å². The second-order valence-corrected chi connectivity index (χ2v) is 7.57. The Balaban J connectivity index is 1.40. The zero-order valence-corrected chi connectivity index (χ0v) is 14.7. The van der Waals surface area contributed by atoms with Crippen LogP contribution in [0.4, 0.5) is 4.39 Å². The van der Waals surface area contributed by atoms with Gasteiger partial charge in [-0.05, 0) is 74.6 Å². The van der Waals surface area contributed by atoms with Crippen LogP contribution < -0.4 is 10.6 Å². The van der Waals surface area contributed by atoms with E-state index in [2.05, 4.69) is 10.6 Å². The van der Waals surface area contributed by atoms with E-state index in [1.165, 1.54) is 31.4 Å². The number of amides is 1. The van der Waals surface area contributed by atoms with Crippen LogP contribution >= 0.6 is 11.6 Å². The lowest BCUT2D eigenvalue weighted by Gasteiger charge is -2.30. The van der Waals surface area contributed by atoms with E-state index in [0.29, 0.717) is 23.4 Å². The van der Waals surface area contributed by atoms with Crippen molar-refractivity contribution in [2.24, 2.45) is 5.92 Å². The van der Waals surface area contributed by atoms with E-state index in [-0.39, 0.29) is 11.7 Å². The number of benzene rings is 1. The summed E-state index contributed by atoms with van der Waals surface area (Å²) in [5, 5.41) is 6.97. The van der Waals surface area contributed by atoms with Gasteiger partial charge in [0.2, 0.25) is 5.91 Å². The fraction of sp³-hybridized carbons (Fsp3) is 0.632. The minimum atomic E-state index is -0.264. The molecule has 0 radical (unpaired) electrons. The van der Waals surface area contributed by atoms with Crippen LogP contribution in [0.5, 0.6) is 0 Å². The molecule has 1 atom stereocenters. The Hall–Kier alpha value is -1.13. The van der Waals surface area contributed by atoms with Crippen LogP contribution in [0.3, 0.4) is 0 Å². The number of piperidine rings is 1. The molecule has 24 heavy (non-hydrogen) atoms. The zero-order valence-electron chi connectivity index (χ0n) is 14.0. The Morgan fingerprint density at radius 3 is 2.71 bits per heavy atom. The van der Waals surface area contributed by atoms with E-state index in [4.69, 9.17) is 11.6 Å². The van der Waals surface area contributed by atoms with Gasteiger partial charge in [0.15, 0.2) is 0 Å². The second-order valence-electron chi connectivity index (χ2n) is 7.17. The summed E-state index contributed by atoms with van der Waals surface area (Å²) in [5.74, 6) is 1.10. The van der Waals surface area contributed by atoms with Crippen molar-refractivity contribution in [3.8, 4) is 0 Å². The molecule has 0 spiro atoms. The molecule has 0 bridgehead atoms. The molecule has 2 fully saturated rings. The largest absolute Gasteiger partial charge is 0.356 e. The van der Waals surface area contributed by atoms with E-state index < -0.39 is 0 Å². The molecule has 1 saturated carbocycles. The molecule has 1 aromatic carbocycles. The van der Waals surface area contributed by atoms with Crippen molar-refractivity contribution < 1.29 is 9.18 Å². The van der Waals surface area contributed by atoms with Crippen LogP contribution in [-0.2, 0) is 4.79 Å². The minimum absolute atomic E-state index is 0.162. The summed E-state index contributed by atoms with van der Waals surface area (Å²) in [6, 6.07) is 5.12. The third-order valence-corrected chi connectivity index (χ3v) is 5.81. The molecule has 132 valence electrons. The summed E-state index contributed by atoms with van der Waals surface area (Å²) >= 11 is 6.20. The first-order valence-electron chi connectivity index (χ1n) is 9.07. The number of rotatable bonds is 5. The van der Waals surface area contributed by atoms with E-state index in [0.717, 1.165) is 43.8 Å². The Morgan fingerprint density at radius 2 is 2.00 bits per heavy atom. The maximum atomic E-state index is 13.2. The van der Waals surface area contributed by atoms with Crippen molar-refractivity contribution in [1.82, 2.24) is 10.6 Å². The van der Waals surface area contributed by atoms with E-state index >= 15 is 0 Å². The van der Waals surface area contributed by atoms with Crippen molar-refractivity contribution in [3.63, 3.8) is 0 Å². The molecule has 2 N–H and O–H groups in total. The molecule has 3 nitrogen and oxygen atoms in total. The van der Waals surface area contributed by atoms with Crippen molar-refractivity contribution in [2.45, 2.75) is 56.9 Å². The lowest BCUT2D eigenvalue weighted by atomic mass is 9.77. The molecule has 1 amide bonds. The average molecular weight is 353 g/mol. The van der Waals surface area contributed by atoms with Crippen LogP contribution in [0.2, 0.25) is 5.02 Å². The first-order valence-corrected chi connectivity index (χ1v) is 9.44. The molecule has 1 aliphatic heterocycles. The first kappa shape index (κ1) is 17.7. The third-order valence-electron chi connectivity index (χ3n) is 5.48. The predicted molar refractivity (Wildman–Crippen MR) is 94.8 cm³/mol. The first-order chi connectivity index (χ1) is 11.6. The normalized spacial score (nSPS) is 27.8. The zero-order chi connectivity index (χ0) is 16.9. The van der Waals surface area contributed by atoms with Crippen molar-refractivity contribution in [3.05, 3.63) is 34.6 Å². The maximum Gasteiger partial charge on any atom is 0.221 e.